The van der Waals surface area contributed by atoms with Gasteiger partial charge in [-0.3, -0.25) is 4.79 Å². The smallest absolute Gasteiger partial charge is 0.280 e. The van der Waals surface area contributed by atoms with E-state index < -0.39 is 6.10 Å². The topological polar surface area (TPSA) is 50.7 Å². The molecule has 0 radical (unpaired) electrons. The van der Waals surface area contributed by atoms with Crippen LogP contribution in [0.5, 0.6) is 5.75 Å². The molecule has 1 aromatic rings. The number of benzene rings is 1. The molecule has 5 heteroatoms. The van der Waals surface area contributed by atoms with Crippen LogP contribution in [-0.2, 0) is 4.79 Å². The largest absolute Gasteiger partial charge is 0.481 e. The Balaban J connectivity index is 2.66. The fourth-order valence-corrected chi connectivity index (χ4v) is 1.47. The molecule has 0 aromatic heterocycles. The van der Waals surface area contributed by atoms with Crippen molar-refractivity contribution in [2.24, 2.45) is 5.10 Å². The normalized spacial score (nSPS) is 11.6. The van der Waals surface area contributed by atoms with Crippen molar-refractivity contribution in [2.75, 3.05) is 0 Å². The van der Waals surface area contributed by atoms with Crippen molar-refractivity contribution >= 4 is 23.2 Å². The third kappa shape index (κ3) is 4.37. The molecule has 0 saturated carbocycles. The molecular formula is C13H17ClN2O2. The predicted octanol–water partition coefficient (Wildman–Crippen LogP) is 2.93. The van der Waals surface area contributed by atoms with Crippen molar-refractivity contribution in [1.82, 2.24) is 5.43 Å². The Labute approximate surface area is 112 Å². The molecule has 18 heavy (non-hydrogen) atoms. The van der Waals surface area contributed by atoms with Gasteiger partial charge >= 0.3 is 0 Å². The summed E-state index contributed by atoms with van der Waals surface area (Å²) in [6, 6.07) is 5.26. The van der Waals surface area contributed by atoms with E-state index in [4.69, 9.17) is 16.3 Å². The number of carbonyl (C=O) groups excluding carboxylic acids is 1. The predicted molar refractivity (Wildman–Crippen MR) is 73.2 cm³/mol. The fourth-order valence-electron chi connectivity index (χ4n) is 1.25. The van der Waals surface area contributed by atoms with Gasteiger partial charge in [-0.2, -0.15) is 5.10 Å². The van der Waals surface area contributed by atoms with Crippen LogP contribution in [0.4, 0.5) is 0 Å². The van der Waals surface area contributed by atoms with Gasteiger partial charge in [-0.25, -0.2) is 5.43 Å². The lowest BCUT2D eigenvalue weighted by Crippen LogP contribution is -2.33. The summed E-state index contributed by atoms with van der Waals surface area (Å²) < 4.78 is 5.55. The highest BCUT2D eigenvalue weighted by Gasteiger charge is 2.15. The van der Waals surface area contributed by atoms with Gasteiger partial charge in [-0.1, -0.05) is 11.6 Å². The van der Waals surface area contributed by atoms with E-state index in [1.807, 2.05) is 6.92 Å². The molecular weight excluding hydrogens is 252 g/mol. The molecule has 4 nitrogen and oxygen atoms in total. The average Bonchev–Trinajstić information content (AvgIpc) is 2.29. The fraction of sp³-hybridized carbons (Fsp3) is 0.385. The van der Waals surface area contributed by atoms with Gasteiger partial charge in [0.25, 0.3) is 5.91 Å². The average molecular weight is 269 g/mol. The molecule has 0 heterocycles. The van der Waals surface area contributed by atoms with E-state index in [1.165, 1.54) is 0 Å². The number of nitrogens with one attached hydrogen (secondary N) is 1. The standard InChI is InChI=1S/C13H17ClN2O2/c1-8(2)15-16-13(17)10(4)18-12-6-5-11(14)7-9(12)3/h5-7,10H,1-4H3,(H,16,17). The molecule has 98 valence electrons. The first-order valence-corrected chi connectivity index (χ1v) is 6.01. The van der Waals surface area contributed by atoms with Gasteiger partial charge in [0.2, 0.25) is 0 Å². The number of halogens is 1. The van der Waals surface area contributed by atoms with Crippen LogP contribution in [0.3, 0.4) is 0 Å². The highest BCUT2D eigenvalue weighted by Crippen LogP contribution is 2.22. The summed E-state index contributed by atoms with van der Waals surface area (Å²) in [5.74, 6) is 0.352. The summed E-state index contributed by atoms with van der Waals surface area (Å²) in [5, 5.41) is 4.48. The van der Waals surface area contributed by atoms with Crippen LogP contribution < -0.4 is 10.2 Å². The Morgan fingerprint density at radius 2 is 2.11 bits per heavy atom. The zero-order valence-corrected chi connectivity index (χ0v) is 11.7. The molecule has 1 amide bonds. The number of hydrogen-bond acceptors (Lipinski definition) is 3. The summed E-state index contributed by atoms with van der Waals surface area (Å²) in [6.45, 7) is 7.15. The summed E-state index contributed by atoms with van der Waals surface area (Å²) in [5.41, 5.74) is 4.09. The maximum atomic E-state index is 11.7. The molecule has 0 fully saturated rings. The number of aryl methyl sites for hydroxylation is 1. The van der Waals surface area contributed by atoms with Gasteiger partial charge in [0, 0.05) is 10.7 Å². The van der Waals surface area contributed by atoms with Crippen LogP contribution in [0.1, 0.15) is 26.3 Å². The second-order valence-corrected chi connectivity index (χ2v) is 4.64. The first-order valence-electron chi connectivity index (χ1n) is 5.63. The molecule has 1 atom stereocenters. The number of rotatable bonds is 4. The Bertz CT molecular complexity index is 468. The third-order valence-corrected chi connectivity index (χ3v) is 2.43. The van der Waals surface area contributed by atoms with Crippen LogP contribution in [0.15, 0.2) is 23.3 Å². The number of amides is 1. The summed E-state index contributed by atoms with van der Waals surface area (Å²) in [4.78, 5) is 11.7. The minimum Gasteiger partial charge on any atom is -0.481 e. The molecule has 0 spiro atoms. The lowest BCUT2D eigenvalue weighted by Gasteiger charge is -2.15. The number of hydrogen-bond donors (Lipinski definition) is 1. The van der Waals surface area contributed by atoms with Crippen LogP contribution in [-0.4, -0.2) is 17.7 Å². The highest BCUT2D eigenvalue weighted by molar-refractivity contribution is 6.30. The van der Waals surface area contributed by atoms with Gasteiger partial charge in [-0.15, -0.1) is 0 Å². The van der Waals surface area contributed by atoms with Crippen molar-refractivity contribution < 1.29 is 9.53 Å². The molecule has 1 aromatic carbocycles. The monoisotopic (exact) mass is 268 g/mol. The van der Waals surface area contributed by atoms with Gasteiger partial charge in [-0.05, 0) is 51.5 Å². The zero-order valence-electron chi connectivity index (χ0n) is 11.0. The molecule has 0 bridgehead atoms. The third-order valence-electron chi connectivity index (χ3n) is 2.20. The van der Waals surface area contributed by atoms with E-state index in [1.54, 1.807) is 39.0 Å². The van der Waals surface area contributed by atoms with Gasteiger partial charge in [0.05, 0.1) is 0 Å². The summed E-state index contributed by atoms with van der Waals surface area (Å²) >= 11 is 5.85. The van der Waals surface area contributed by atoms with E-state index >= 15 is 0 Å². The van der Waals surface area contributed by atoms with E-state index in [2.05, 4.69) is 10.5 Å². The zero-order chi connectivity index (χ0) is 13.7. The molecule has 0 aliphatic heterocycles. The van der Waals surface area contributed by atoms with E-state index in [-0.39, 0.29) is 5.91 Å². The number of carbonyl (C=O) groups is 1. The molecule has 0 saturated heterocycles. The second-order valence-electron chi connectivity index (χ2n) is 4.20. The Hall–Kier alpha value is -1.55. The minimum absolute atomic E-state index is 0.287. The quantitative estimate of drug-likeness (QED) is 0.674. The highest BCUT2D eigenvalue weighted by atomic mass is 35.5. The van der Waals surface area contributed by atoms with E-state index in [0.29, 0.717) is 10.8 Å². The summed E-state index contributed by atoms with van der Waals surface area (Å²) in [7, 11) is 0. The summed E-state index contributed by atoms with van der Waals surface area (Å²) in [6.07, 6.45) is -0.618. The van der Waals surface area contributed by atoms with Gasteiger partial charge in [0.15, 0.2) is 6.10 Å². The number of ether oxygens (including phenoxy) is 1. The van der Waals surface area contributed by atoms with Crippen LogP contribution in [0.2, 0.25) is 5.02 Å². The minimum atomic E-state index is -0.618. The molecule has 1 N–H and O–H groups in total. The second kappa shape index (κ2) is 6.40. The maximum absolute atomic E-state index is 11.7. The van der Waals surface area contributed by atoms with Gasteiger partial charge in [0.1, 0.15) is 5.75 Å². The van der Waals surface area contributed by atoms with Crippen molar-refractivity contribution in [3.8, 4) is 5.75 Å². The SMILES string of the molecule is CC(C)=NNC(=O)C(C)Oc1ccc(Cl)cc1C. The van der Waals surface area contributed by atoms with Gasteiger partial charge < -0.3 is 4.74 Å². The first kappa shape index (κ1) is 14.5. The lowest BCUT2D eigenvalue weighted by molar-refractivity contribution is -0.127. The first-order chi connectivity index (χ1) is 8.40. The number of nitrogens with zero attached hydrogens (tertiary/aromatic N) is 1. The Kier molecular flexibility index (Phi) is 5.16. The van der Waals surface area contributed by atoms with Crippen LogP contribution in [0, 0.1) is 6.92 Å². The van der Waals surface area contributed by atoms with E-state index in [0.717, 1.165) is 11.3 Å². The van der Waals surface area contributed by atoms with Crippen molar-refractivity contribution in [3.05, 3.63) is 28.8 Å². The van der Waals surface area contributed by atoms with Crippen molar-refractivity contribution in [2.45, 2.75) is 33.8 Å². The van der Waals surface area contributed by atoms with Crippen LogP contribution >= 0.6 is 11.6 Å². The number of hydrazone groups is 1. The van der Waals surface area contributed by atoms with E-state index in [9.17, 15) is 4.79 Å². The molecule has 0 aliphatic rings. The molecule has 1 rings (SSSR count). The lowest BCUT2D eigenvalue weighted by atomic mass is 10.2. The Morgan fingerprint density at radius 3 is 2.67 bits per heavy atom. The van der Waals surface area contributed by atoms with Crippen molar-refractivity contribution in [1.29, 1.82) is 0 Å². The molecule has 0 aliphatic carbocycles. The van der Waals surface area contributed by atoms with Crippen LogP contribution in [0.25, 0.3) is 0 Å². The maximum Gasteiger partial charge on any atom is 0.280 e. The molecule has 1 unspecified atom stereocenters. The Morgan fingerprint density at radius 1 is 1.44 bits per heavy atom. The van der Waals surface area contributed by atoms with Crippen molar-refractivity contribution in [3.63, 3.8) is 0 Å².